The highest BCUT2D eigenvalue weighted by atomic mass is 32.1. The highest BCUT2D eigenvalue weighted by molar-refractivity contribution is 7.14. The van der Waals surface area contributed by atoms with Gasteiger partial charge in [-0.1, -0.05) is 13.3 Å². The summed E-state index contributed by atoms with van der Waals surface area (Å²) in [4.78, 5) is 17.5. The Balaban J connectivity index is 2.49. The summed E-state index contributed by atoms with van der Waals surface area (Å²) in [6.07, 6.45) is 2.38. The third-order valence-electron chi connectivity index (χ3n) is 2.48. The van der Waals surface area contributed by atoms with Crippen molar-refractivity contribution in [1.82, 2.24) is 10.3 Å². The molecule has 5 heteroatoms. The fraction of sp³-hybridized carbons (Fsp3) is 0.667. The lowest BCUT2D eigenvalue weighted by Gasteiger charge is -2.14. The molecule has 0 fully saturated rings. The molecule has 0 atom stereocenters. The van der Waals surface area contributed by atoms with Gasteiger partial charge < -0.3 is 5.32 Å². The zero-order valence-electron chi connectivity index (χ0n) is 10.8. The first kappa shape index (κ1) is 14.1. The number of nitrogens with zero attached hydrogens (tertiary/aromatic N) is 2. The van der Waals surface area contributed by atoms with Crippen LogP contribution in [0.5, 0.6) is 0 Å². The van der Waals surface area contributed by atoms with Gasteiger partial charge in [-0.25, -0.2) is 4.98 Å². The van der Waals surface area contributed by atoms with E-state index in [9.17, 15) is 4.79 Å². The number of amides is 1. The summed E-state index contributed by atoms with van der Waals surface area (Å²) in [5, 5.41) is 6.16. The van der Waals surface area contributed by atoms with Crippen molar-refractivity contribution in [2.24, 2.45) is 0 Å². The van der Waals surface area contributed by atoms with Crippen LogP contribution in [0.15, 0.2) is 5.38 Å². The van der Waals surface area contributed by atoms with E-state index >= 15 is 0 Å². The average Bonchev–Trinajstić information content (AvgIpc) is 2.74. The van der Waals surface area contributed by atoms with Gasteiger partial charge in [-0.05, 0) is 19.9 Å². The maximum absolute atomic E-state index is 11.4. The molecule has 0 aliphatic rings. The Kier molecular flexibility index (Phi) is 6.15. The zero-order chi connectivity index (χ0) is 12.7. The van der Waals surface area contributed by atoms with Crippen LogP contribution >= 0.6 is 11.3 Å². The van der Waals surface area contributed by atoms with E-state index in [-0.39, 0.29) is 5.91 Å². The molecule has 96 valence electrons. The molecule has 1 N–H and O–H groups in total. The monoisotopic (exact) mass is 255 g/mol. The number of unbranched alkanes of at least 4 members (excludes halogenated alkanes) is 1. The van der Waals surface area contributed by atoms with Gasteiger partial charge in [0.15, 0.2) is 5.13 Å². The molecule has 0 unspecified atom stereocenters. The van der Waals surface area contributed by atoms with Gasteiger partial charge in [0.2, 0.25) is 5.91 Å². The van der Waals surface area contributed by atoms with E-state index < -0.39 is 0 Å². The molecule has 17 heavy (non-hydrogen) atoms. The molecular formula is C12H21N3OS. The topological polar surface area (TPSA) is 45.2 Å². The minimum atomic E-state index is 0.0485. The lowest BCUT2D eigenvalue weighted by molar-refractivity contribution is -0.116. The van der Waals surface area contributed by atoms with Crippen molar-refractivity contribution in [3.8, 4) is 0 Å². The van der Waals surface area contributed by atoms with E-state index in [1.165, 1.54) is 24.2 Å². The van der Waals surface area contributed by atoms with Crippen molar-refractivity contribution in [1.29, 1.82) is 0 Å². The highest BCUT2D eigenvalue weighted by Gasteiger charge is 2.12. The molecule has 0 aliphatic heterocycles. The van der Waals surface area contributed by atoms with E-state index in [1.54, 1.807) is 11.8 Å². The summed E-state index contributed by atoms with van der Waals surface area (Å²) in [6, 6.07) is 0. The van der Waals surface area contributed by atoms with E-state index in [2.05, 4.69) is 17.2 Å². The molecule has 0 aliphatic carbocycles. The smallest absolute Gasteiger partial charge is 0.225 e. The Bertz CT molecular complexity index is 351. The molecule has 0 saturated heterocycles. The van der Waals surface area contributed by atoms with Gasteiger partial charge >= 0.3 is 0 Å². The maximum Gasteiger partial charge on any atom is 0.225 e. The van der Waals surface area contributed by atoms with Gasteiger partial charge in [-0.15, -0.1) is 11.3 Å². The molecule has 0 radical (unpaired) electrons. The molecule has 0 bridgehead atoms. The third-order valence-corrected chi connectivity index (χ3v) is 3.39. The summed E-state index contributed by atoms with van der Waals surface area (Å²) in [6.45, 7) is 8.19. The SMILES string of the molecule is CCCCNCc1csc(N(CC)C(C)=O)n1. The van der Waals surface area contributed by atoms with Crippen LogP contribution in [0.2, 0.25) is 0 Å². The predicted molar refractivity (Wildman–Crippen MR) is 72.4 cm³/mol. The summed E-state index contributed by atoms with van der Waals surface area (Å²) in [5.41, 5.74) is 1.01. The second kappa shape index (κ2) is 7.40. The number of carbonyl (C=O) groups is 1. The molecule has 0 saturated carbocycles. The van der Waals surface area contributed by atoms with E-state index in [0.717, 1.165) is 23.9 Å². The first-order chi connectivity index (χ1) is 8.19. The third kappa shape index (κ3) is 4.44. The highest BCUT2D eigenvalue weighted by Crippen LogP contribution is 2.20. The van der Waals surface area contributed by atoms with Crippen molar-refractivity contribution in [3.05, 3.63) is 11.1 Å². The van der Waals surface area contributed by atoms with E-state index in [4.69, 9.17) is 0 Å². The zero-order valence-corrected chi connectivity index (χ0v) is 11.6. The van der Waals surface area contributed by atoms with Gasteiger partial charge in [-0.2, -0.15) is 0 Å². The molecule has 1 heterocycles. The Morgan fingerprint density at radius 2 is 2.29 bits per heavy atom. The van der Waals surface area contributed by atoms with Crippen LogP contribution in [-0.2, 0) is 11.3 Å². The van der Waals surface area contributed by atoms with Crippen LogP contribution in [0.25, 0.3) is 0 Å². The number of aromatic nitrogens is 1. The number of thiazole rings is 1. The molecule has 1 amide bonds. The van der Waals surface area contributed by atoms with Gasteiger partial charge in [0, 0.05) is 25.4 Å². The van der Waals surface area contributed by atoms with Crippen LogP contribution in [0.4, 0.5) is 5.13 Å². The summed E-state index contributed by atoms with van der Waals surface area (Å²) in [5.74, 6) is 0.0485. The number of hydrogen-bond acceptors (Lipinski definition) is 4. The van der Waals surface area contributed by atoms with Gasteiger partial charge in [0.25, 0.3) is 0 Å². The van der Waals surface area contributed by atoms with E-state index in [0.29, 0.717) is 6.54 Å². The summed E-state index contributed by atoms with van der Waals surface area (Å²) in [7, 11) is 0. The van der Waals surface area contributed by atoms with Crippen molar-refractivity contribution in [2.75, 3.05) is 18.0 Å². The molecule has 1 aromatic rings. The fourth-order valence-electron chi connectivity index (χ4n) is 1.51. The Labute approximate surface area is 107 Å². The summed E-state index contributed by atoms with van der Waals surface area (Å²) >= 11 is 1.53. The first-order valence-electron chi connectivity index (χ1n) is 6.12. The predicted octanol–water partition coefficient (Wildman–Crippen LogP) is 2.41. The lowest BCUT2D eigenvalue weighted by Crippen LogP contribution is -2.27. The summed E-state index contributed by atoms with van der Waals surface area (Å²) < 4.78 is 0. The number of nitrogens with one attached hydrogen (secondary N) is 1. The van der Waals surface area contributed by atoms with Crippen molar-refractivity contribution < 1.29 is 4.79 Å². The first-order valence-corrected chi connectivity index (χ1v) is 7.00. The molecule has 1 aromatic heterocycles. The normalized spacial score (nSPS) is 10.5. The average molecular weight is 255 g/mol. The Morgan fingerprint density at radius 1 is 1.53 bits per heavy atom. The number of rotatable bonds is 7. The Hall–Kier alpha value is -0.940. The Morgan fingerprint density at radius 3 is 2.88 bits per heavy atom. The maximum atomic E-state index is 11.4. The van der Waals surface area contributed by atoms with Crippen LogP contribution in [0.1, 0.15) is 39.3 Å². The second-order valence-corrected chi connectivity index (χ2v) is 4.75. The van der Waals surface area contributed by atoms with Gasteiger partial charge in [-0.3, -0.25) is 9.69 Å². The standard InChI is InChI=1S/C12H21N3OS/c1-4-6-7-13-8-11-9-17-12(14-11)15(5-2)10(3)16/h9,13H,4-8H2,1-3H3. The molecule has 1 rings (SSSR count). The quantitative estimate of drug-likeness (QED) is 0.761. The van der Waals surface area contributed by atoms with Gasteiger partial charge in [0.05, 0.1) is 5.69 Å². The van der Waals surface area contributed by atoms with Crippen molar-refractivity contribution >= 4 is 22.4 Å². The van der Waals surface area contributed by atoms with E-state index in [1.807, 2.05) is 12.3 Å². The minimum Gasteiger partial charge on any atom is -0.311 e. The van der Waals surface area contributed by atoms with Crippen LogP contribution in [-0.4, -0.2) is 24.0 Å². The fourth-order valence-corrected chi connectivity index (χ4v) is 2.44. The van der Waals surface area contributed by atoms with Crippen molar-refractivity contribution in [3.63, 3.8) is 0 Å². The molecule has 0 spiro atoms. The number of anilines is 1. The van der Waals surface area contributed by atoms with Crippen LogP contribution in [0, 0.1) is 0 Å². The lowest BCUT2D eigenvalue weighted by atomic mass is 10.3. The molecule has 0 aromatic carbocycles. The van der Waals surface area contributed by atoms with Crippen molar-refractivity contribution in [2.45, 2.75) is 40.2 Å². The second-order valence-electron chi connectivity index (χ2n) is 3.92. The van der Waals surface area contributed by atoms with Crippen LogP contribution in [0.3, 0.4) is 0 Å². The largest absolute Gasteiger partial charge is 0.311 e. The minimum absolute atomic E-state index is 0.0485. The molecule has 4 nitrogen and oxygen atoms in total. The number of carbonyl (C=O) groups excluding carboxylic acids is 1. The number of hydrogen-bond donors (Lipinski definition) is 1. The van der Waals surface area contributed by atoms with Gasteiger partial charge in [0.1, 0.15) is 0 Å². The van der Waals surface area contributed by atoms with Crippen LogP contribution < -0.4 is 10.2 Å². The molecular weight excluding hydrogens is 234 g/mol.